The summed E-state index contributed by atoms with van der Waals surface area (Å²) in [6.07, 6.45) is 0.900. The van der Waals surface area contributed by atoms with Crippen LogP contribution >= 0.6 is 34.9 Å². The highest BCUT2D eigenvalue weighted by atomic mass is 35.5. The molecule has 9 heteroatoms. The van der Waals surface area contributed by atoms with E-state index in [1.165, 1.54) is 23.3 Å². The van der Waals surface area contributed by atoms with Crippen LogP contribution in [0.15, 0.2) is 71.6 Å². The molecular weight excluding hydrogens is 488 g/mol. The van der Waals surface area contributed by atoms with E-state index in [4.69, 9.17) is 17.3 Å². The molecule has 4 N–H and O–H groups in total. The first kappa shape index (κ1) is 23.0. The molecule has 2 heterocycles. The summed E-state index contributed by atoms with van der Waals surface area (Å²) < 4.78 is 4.36. The van der Waals surface area contributed by atoms with Crippen molar-refractivity contribution >= 4 is 61.8 Å². The number of para-hydroxylation sites is 1. The maximum Gasteiger partial charge on any atom is 0.253 e. The molecule has 174 valence electrons. The Balaban J connectivity index is 1.21. The Labute approximate surface area is 210 Å². The molecule has 0 aliphatic carbocycles. The van der Waals surface area contributed by atoms with E-state index in [2.05, 4.69) is 9.71 Å². The highest BCUT2D eigenvalue weighted by Gasteiger charge is 2.36. The second kappa shape index (κ2) is 9.46. The summed E-state index contributed by atoms with van der Waals surface area (Å²) in [5.41, 5.74) is 7.95. The number of amides is 1. The van der Waals surface area contributed by atoms with Gasteiger partial charge >= 0.3 is 0 Å². The van der Waals surface area contributed by atoms with Crippen LogP contribution in [0.25, 0.3) is 10.2 Å². The number of rotatable bonds is 5. The molecule has 3 aromatic carbocycles. The summed E-state index contributed by atoms with van der Waals surface area (Å²) in [4.78, 5) is 20.2. The molecule has 0 bridgehead atoms. The quantitative estimate of drug-likeness (QED) is 0.295. The van der Waals surface area contributed by atoms with Gasteiger partial charge in [0, 0.05) is 34.9 Å². The predicted octanol–water partition coefficient (Wildman–Crippen LogP) is 5.77. The van der Waals surface area contributed by atoms with E-state index in [0.29, 0.717) is 41.6 Å². The number of aliphatic hydroxyl groups is 1. The molecule has 6 nitrogen and oxygen atoms in total. The van der Waals surface area contributed by atoms with Crippen molar-refractivity contribution in [3.05, 3.63) is 82.9 Å². The summed E-state index contributed by atoms with van der Waals surface area (Å²) in [5, 5.41) is 12.2. The van der Waals surface area contributed by atoms with Crippen LogP contribution in [0.4, 0.5) is 10.8 Å². The van der Waals surface area contributed by atoms with Gasteiger partial charge in [0.15, 0.2) is 5.13 Å². The van der Waals surface area contributed by atoms with Crippen molar-refractivity contribution in [1.82, 2.24) is 9.88 Å². The highest BCUT2D eigenvalue weighted by molar-refractivity contribution is 8.00. The Morgan fingerprint density at radius 3 is 2.56 bits per heavy atom. The lowest BCUT2D eigenvalue weighted by Crippen LogP contribution is -2.45. The second-order valence-electron chi connectivity index (χ2n) is 8.24. The average molecular weight is 511 g/mol. The number of hydrogen-bond donors (Lipinski definition) is 3. The molecule has 0 radical (unpaired) electrons. The minimum Gasteiger partial charge on any atom is -0.385 e. The number of carbonyl (C=O) groups excluding carboxylic acids is 1. The van der Waals surface area contributed by atoms with Crippen LogP contribution in [0.5, 0.6) is 0 Å². The number of halogens is 1. The van der Waals surface area contributed by atoms with Crippen molar-refractivity contribution < 1.29 is 9.90 Å². The monoisotopic (exact) mass is 510 g/mol. The van der Waals surface area contributed by atoms with Crippen LogP contribution in [-0.4, -0.2) is 34.0 Å². The van der Waals surface area contributed by atoms with Crippen LogP contribution in [0.3, 0.4) is 0 Å². The molecule has 1 aromatic heterocycles. The van der Waals surface area contributed by atoms with Gasteiger partial charge in [0.25, 0.3) is 5.91 Å². The third-order valence-electron chi connectivity index (χ3n) is 6.06. The van der Waals surface area contributed by atoms with E-state index in [1.807, 2.05) is 60.7 Å². The average Bonchev–Trinajstić information content (AvgIpc) is 3.24. The van der Waals surface area contributed by atoms with Crippen molar-refractivity contribution in [2.24, 2.45) is 0 Å². The van der Waals surface area contributed by atoms with Gasteiger partial charge in [-0.1, -0.05) is 47.2 Å². The van der Waals surface area contributed by atoms with Crippen LogP contribution in [-0.2, 0) is 5.60 Å². The van der Waals surface area contributed by atoms with Crippen molar-refractivity contribution in [2.75, 3.05) is 23.5 Å². The van der Waals surface area contributed by atoms with Crippen LogP contribution in [0.1, 0.15) is 28.8 Å². The highest BCUT2D eigenvalue weighted by Crippen LogP contribution is 2.37. The summed E-state index contributed by atoms with van der Waals surface area (Å²) in [6.45, 7) is 0.939. The number of piperidine rings is 1. The minimum absolute atomic E-state index is 0.0388. The molecule has 1 aliphatic heterocycles. The Morgan fingerprint density at radius 1 is 1.09 bits per heavy atom. The first-order valence-corrected chi connectivity index (χ1v) is 12.9. The number of carbonyl (C=O) groups is 1. The van der Waals surface area contributed by atoms with Crippen molar-refractivity contribution in [1.29, 1.82) is 0 Å². The molecule has 1 aliphatic rings. The molecule has 4 aromatic rings. The van der Waals surface area contributed by atoms with E-state index in [1.54, 1.807) is 11.0 Å². The zero-order chi connectivity index (χ0) is 23.7. The van der Waals surface area contributed by atoms with Gasteiger partial charge in [-0.25, -0.2) is 4.98 Å². The van der Waals surface area contributed by atoms with Gasteiger partial charge in [0.2, 0.25) is 0 Å². The van der Waals surface area contributed by atoms with Gasteiger partial charge in [0.05, 0.1) is 20.7 Å². The van der Waals surface area contributed by atoms with Crippen molar-refractivity contribution in [3.8, 4) is 0 Å². The Bertz CT molecular complexity index is 1330. The molecule has 0 atom stereocenters. The van der Waals surface area contributed by atoms with Crippen LogP contribution in [0, 0.1) is 0 Å². The summed E-state index contributed by atoms with van der Waals surface area (Å²) in [5.74, 6) is -0.0388. The fraction of sp³-hybridized carbons (Fsp3) is 0.200. The number of likely N-dealkylation sites (tertiary alicyclic amines) is 1. The minimum atomic E-state index is -1.01. The Kier molecular flexibility index (Phi) is 6.40. The van der Waals surface area contributed by atoms with E-state index in [0.717, 1.165) is 26.4 Å². The van der Waals surface area contributed by atoms with Gasteiger partial charge in [0.1, 0.15) is 0 Å². The number of benzene rings is 3. The molecular formula is C25H23ClN4O2S2. The number of aromatic nitrogens is 1. The largest absolute Gasteiger partial charge is 0.385 e. The topological polar surface area (TPSA) is 91.5 Å². The van der Waals surface area contributed by atoms with Gasteiger partial charge < -0.3 is 20.5 Å². The number of nitrogen functional groups attached to an aromatic ring is 1. The number of nitrogens with zero attached hydrogens (tertiary/aromatic N) is 2. The van der Waals surface area contributed by atoms with Gasteiger partial charge in [-0.15, -0.1) is 0 Å². The van der Waals surface area contributed by atoms with Crippen LogP contribution < -0.4 is 10.5 Å². The normalized spacial score (nSPS) is 15.4. The lowest BCUT2D eigenvalue weighted by Gasteiger charge is -2.39. The zero-order valence-electron chi connectivity index (χ0n) is 18.2. The molecule has 1 fully saturated rings. The second-order valence-corrected chi connectivity index (χ2v) is 10.6. The number of thiazole rings is 1. The van der Waals surface area contributed by atoms with Gasteiger partial charge in [-0.05, 0) is 67.3 Å². The molecule has 0 spiro atoms. The number of nitrogens with one attached hydrogen (secondary N) is 1. The lowest BCUT2D eigenvalue weighted by molar-refractivity contribution is -0.0210. The number of fused-ring (bicyclic) bond motifs is 1. The maximum atomic E-state index is 13.0. The van der Waals surface area contributed by atoms with Gasteiger partial charge in [-0.2, -0.15) is 0 Å². The zero-order valence-corrected chi connectivity index (χ0v) is 20.6. The fourth-order valence-corrected chi connectivity index (χ4v) is 6.09. The SMILES string of the molecule is Nc1nc2c(SNc3ccc(C(=O)N4CCC(O)(c5ccccc5Cl)CC4)cc3)cccc2s1. The molecule has 0 unspecified atom stereocenters. The van der Waals surface area contributed by atoms with E-state index < -0.39 is 5.60 Å². The molecule has 1 saturated heterocycles. The molecule has 1 amide bonds. The predicted molar refractivity (Wildman–Crippen MR) is 140 cm³/mol. The number of anilines is 2. The fourth-order valence-electron chi connectivity index (χ4n) is 4.19. The summed E-state index contributed by atoms with van der Waals surface area (Å²) in [7, 11) is 0. The Morgan fingerprint density at radius 2 is 1.82 bits per heavy atom. The number of nitrogens with two attached hydrogens (primary N) is 1. The standard InChI is InChI=1S/C25H23ClN4O2S2/c26-19-5-2-1-4-18(19)25(32)12-14-30(15-13-25)23(31)16-8-10-17(11-9-16)29-34-21-7-3-6-20-22(21)28-24(27)33-20/h1-11,29,32H,12-15H2,(H2,27,28). The maximum absolute atomic E-state index is 13.0. The van der Waals surface area contributed by atoms with E-state index in [9.17, 15) is 9.90 Å². The van der Waals surface area contributed by atoms with Crippen LogP contribution in [0.2, 0.25) is 5.02 Å². The Hall–Kier alpha value is -2.78. The summed E-state index contributed by atoms with van der Waals surface area (Å²) in [6, 6.07) is 20.8. The third kappa shape index (κ3) is 4.59. The first-order chi connectivity index (χ1) is 16.4. The van der Waals surface area contributed by atoms with Crippen molar-refractivity contribution in [2.45, 2.75) is 23.3 Å². The van der Waals surface area contributed by atoms with E-state index in [-0.39, 0.29) is 5.91 Å². The third-order valence-corrected chi connectivity index (χ3v) is 8.13. The summed E-state index contributed by atoms with van der Waals surface area (Å²) >= 11 is 9.22. The molecule has 34 heavy (non-hydrogen) atoms. The molecule has 0 saturated carbocycles. The van der Waals surface area contributed by atoms with E-state index >= 15 is 0 Å². The number of hydrogen-bond acceptors (Lipinski definition) is 7. The van der Waals surface area contributed by atoms with Crippen molar-refractivity contribution in [3.63, 3.8) is 0 Å². The smallest absolute Gasteiger partial charge is 0.253 e. The lowest BCUT2D eigenvalue weighted by atomic mass is 9.84. The van der Waals surface area contributed by atoms with Gasteiger partial charge in [-0.3, -0.25) is 4.79 Å². The first-order valence-electron chi connectivity index (χ1n) is 10.9. The molecule has 5 rings (SSSR count).